The summed E-state index contributed by atoms with van der Waals surface area (Å²) < 4.78 is 0. The molecule has 1 aliphatic heterocycles. The highest BCUT2D eigenvalue weighted by Crippen LogP contribution is 2.18. The molecule has 2 amide bonds. The minimum atomic E-state index is -0.166. The molecule has 1 fully saturated rings. The molecule has 0 radical (unpaired) electrons. The second-order valence-corrected chi connectivity index (χ2v) is 7.57. The van der Waals surface area contributed by atoms with Crippen LogP contribution in [0.1, 0.15) is 103 Å². The Balaban J connectivity index is 1.84. The monoisotopic (exact) mass is 361 g/mol. The topological polar surface area (TPSA) is 37.4 Å². The first-order valence-electron chi connectivity index (χ1n) is 10.8. The SMILES string of the molecule is C=C1CC(=O)N(CCCCCCC/C=C/CCCCCCCCC)C1=O. The summed E-state index contributed by atoms with van der Waals surface area (Å²) in [6, 6.07) is 0. The molecule has 1 rings (SSSR count). The van der Waals surface area contributed by atoms with Gasteiger partial charge < -0.3 is 0 Å². The summed E-state index contributed by atoms with van der Waals surface area (Å²) in [5.41, 5.74) is 0.443. The van der Waals surface area contributed by atoms with Gasteiger partial charge >= 0.3 is 0 Å². The van der Waals surface area contributed by atoms with E-state index in [-0.39, 0.29) is 18.2 Å². The van der Waals surface area contributed by atoms with Crippen molar-refractivity contribution < 1.29 is 9.59 Å². The number of rotatable bonds is 16. The van der Waals surface area contributed by atoms with Crippen LogP contribution in [0.3, 0.4) is 0 Å². The Morgan fingerprint density at radius 3 is 1.81 bits per heavy atom. The molecule has 0 unspecified atom stereocenters. The molecule has 0 aromatic carbocycles. The third kappa shape index (κ3) is 9.94. The first-order valence-corrected chi connectivity index (χ1v) is 10.8. The van der Waals surface area contributed by atoms with Crippen molar-refractivity contribution in [1.82, 2.24) is 4.90 Å². The van der Waals surface area contributed by atoms with Crippen molar-refractivity contribution in [1.29, 1.82) is 0 Å². The molecular weight excluding hydrogens is 322 g/mol. The molecule has 148 valence electrons. The van der Waals surface area contributed by atoms with Gasteiger partial charge in [-0.2, -0.15) is 0 Å². The standard InChI is InChI=1S/C23H39NO2/c1-3-4-5-6-7-8-9-10-11-12-13-14-15-16-17-18-19-24-22(25)20-21(2)23(24)26/h11-12H,2-10,13-20H2,1H3/b12-11+. The maximum atomic E-state index is 11.7. The molecule has 0 aliphatic carbocycles. The molecule has 0 spiro atoms. The summed E-state index contributed by atoms with van der Waals surface area (Å²) in [5, 5.41) is 0. The number of nitrogens with zero attached hydrogens (tertiary/aromatic N) is 1. The van der Waals surface area contributed by atoms with Crippen molar-refractivity contribution in [3.8, 4) is 0 Å². The van der Waals surface area contributed by atoms with Gasteiger partial charge in [-0.25, -0.2) is 0 Å². The zero-order chi connectivity index (χ0) is 19.0. The van der Waals surface area contributed by atoms with Gasteiger partial charge in [-0.3, -0.25) is 14.5 Å². The van der Waals surface area contributed by atoms with Crippen molar-refractivity contribution in [2.45, 2.75) is 103 Å². The number of likely N-dealkylation sites (tertiary alicyclic amines) is 1. The Bertz CT molecular complexity index is 453. The van der Waals surface area contributed by atoms with E-state index in [1.54, 1.807) is 0 Å². The molecule has 0 saturated carbocycles. The number of amides is 2. The summed E-state index contributed by atoms with van der Waals surface area (Å²) in [4.78, 5) is 24.7. The van der Waals surface area contributed by atoms with Crippen molar-refractivity contribution in [2.24, 2.45) is 0 Å². The van der Waals surface area contributed by atoms with Crippen LogP contribution < -0.4 is 0 Å². The number of carbonyl (C=O) groups excluding carboxylic acids is 2. The van der Waals surface area contributed by atoms with E-state index in [0.29, 0.717) is 12.1 Å². The quantitative estimate of drug-likeness (QED) is 0.139. The van der Waals surface area contributed by atoms with Gasteiger partial charge in [-0.1, -0.05) is 83.4 Å². The summed E-state index contributed by atoms with van der Waals surface area (Å²) in [7, 11) is 0. The average Bonchev–Trinajstić information content (AvgIpc) is 2.87. The zero-order valence-corrected chi connectivity index (χ0v) is 16.9. The fourth-order valence-corrected chi connectivity index (χ4v) is 3.40. The van der Waals surface area contributed by atoms with E-state index in [9.17, 15) is 9.59 Å². The van der Waals surface area contributed by atoms with Crippen LogP contribution in [-0.4, -0.2) is 23.3 Å². The molecule has 0 aromatic heterocycles. The highest BCUT2D eigenvalue weighted by Gasteiger charge is 2.31. The van der Waals surface area contributed by atoms with Gasteiger partial charge in [0, 0.05) is 12.1 Å². The van der Waals surface area contributed by atoms with E-state index in [4.69, 9.17) is 0 Å². The first-order chi connectivity index (χ1) is 12.7. The van der Waals surface area contributed by atoms with Crippen molar-refractivity contribution in [2.75, 3.05) is 6.54 Å². The predicted molar refractivity (Wildman–Crippen MR) is 110 cm³/mol. The van der Waals surface area contributed by atoms with Crippen molar-refractivity contribution >= 4 is 11.8 Å². The number of allylic oxidation sites excluding steroid dienone is 2. The van der Waals surface area contributed by atoms with Gasteiger partial charge in [0.05, 0.1) is 6.42 Å². The van der Waals surface area contributed by atoms with Crippen LogP contribution >= 0.6 is 0 Å². The lowest BCUT2D eigenvalue weighted by atomic mass is 10.1. The molecule has 0 aromatic rings. The number of hydrogen-bond acceptors (Lipinski definition) is 2. The second kappa shape index (κ2) is 14.8. The number of hydrogen-bond donors (Lipinski definition) is 0. The molecular formula is C23H39NO2. The van der Waals surface area contributed by atoms with Crippen LogP contribution in [0.4, 0.5) is 0 Å². The Hall–Kier alpha value is -1.38. The molecule has 0 N–H and O–H groups in total. The van der Waals surface area contributed by atoms with Crippen LogP contribution in [0.25, 0.3) is 0 Å². The summed E-state index contributed by atoms with van der Waals surface area (Å²) in [6.45, 7) is 6.47. The van der Waals surface area contributed by atoms with E-state index >= 15 is 0 Å². The molecule has 0 bridgehead atoms. The Morgan fingerprint density at radius 2 is 1.31 bits per heavy atom. The Morgan fingerprint density at radius 1 is 0.808 bits per heavy atom. The Labute approximate surface area is 160 Å². The fraction of sp³-hybridized carbons (Fsp3) is 0.739. The lowest BCUT2D eigenvalue weighted by Gasteiger charge is -2.12. The predicted octanol–water partition coefficient (Wildman–Crippen LogP) is 6.34. The number of unbranched alkanes of at least 4 members (excludes halogenated alkanes) is 12. The van der Waals surface area contributed by atoms with Crippen molar-refractivity contribution in [3.05, 3.63) is 24.3 Å². The summed E-state index contributed by atoms with van der Waals surface area (Å²) in [6.07, 6.45) is 22.6. The minimum absolute atomic E-state index is 0.0777. The highest BCUT2D eigenvalue weighted by atomic mass is 16.2. The zero-order valence-electron chi connectivity index (χ0n) is 16.9. The maximum Gasteiger partial charge on any atom is 0.256 e. The highest BCUT2D eigenvalue weighted by molar-refractivity contribution is 6.12. The minimum Gasteiger partial charge on any atom is -0.279 e. The average molecular weight is 362 g/mol. The molecule has 3 heteroatoms. The lowest BCUT2D eigenvalue weighted by Crippen LogP contribution is -2.30. The van der Waals surface area contributed by atoms with Crippen molar-refractivity contribution in [3.63, 3.8) is 0 Å². The second-order valence-electron chi connectivity index (χ2n) is 7.57. The molecule has 1 heterocycles. The van der Waals surface area contributed by atoms with Gasteiger partial charge in [0.2, 0.25) is 5.91 Å². The fourth-order valence-electron chi connectivity index (χ4n) is 3.40. The van der Waals surface area contributed by atoms with Gasteiger partial charge in [0.15, 0.2) is 0 Å². The normalized spacial score (nSPS) is 15.0. The van der Waals surface area contributed by atoms with Crippen LogP contribution in [0.2, 0.25) is 0 Å². The van der Waals surface area contributed by atoms with Crippen LogP contribution in [0.15, 0.2) is 24.3 Å². The van der Waals surface area contributed by atoms with E-state index < -0.39 is 0 Å². The first kappa shape index (κ1) is 22.7. The van der Waals surface area contributed by atoms with E-state index in [0.717, 1.165) is 12.8 Å². The van der Waals surface area contributed by atoms with E-state index in [1.807, 2.05) is 0 Å². The van der Waals surface area contributed by atoms with Gasteiger partial charge in [0.1, 0.15) is 0 Å². The van der Waals surface area contributed by atoms with E-state index in [1.165, 1.54) is 81.9 Å². The smallest absolute Gasteiger partial charge is 0.256 e. The van der Waals surface area contributed by atoms with Gasteiger partial charge in [0.25, 0.3) is 5.91 Å². The third-order valence-electron chi connectivity index (χ3n) is 5.11. The summed E-state index contributed by atoms with van der Waals surface area (Å²) in [5.74, 6) is -0.243. The molecule has 3 nitrogen and oxygen atoms in total. The summed E-state index contributed by atoms with van der Waals surface area (Å²) >= 11 is 0. The molecule has 0 atom stereocenters. The van der Waals surface area contributed by atoms with E-state index in [2.05, 4.69) is 25.7 Å². The largest absolute Gasteiger partial charge is 0.279 e. The van der Waals surface area contributed by atoms with Crippen LogP contribution in [0, 0.1) is 0 Å². The lowest BCUT2D eigenvalue weighted by molar-refractivity contribution is -0.137. The number of carbonyl (C=O) groups is 2. The Kier molecular flexibility index (Phi) is 12.9. The molecule has 26 heavy (non-hydrogen) atoms. The van der Waals surface area contributed by atoms with Gasteiger partial charge in [-0.15, -0.1) is 0 Å². The molecule has 1 saturated heterocycles. The van der Waals surface area contributed by atoms with Crippen LogP contribution in [-0.2, 0) is 9.59 Å². The third-order valence-corrected chi connectivity index (χ3v) is 5.11. The number of imide groups is 1. The van der Waals surface area contributed by atoms with Gasteiger partial charge in [-0.05, 0) is 32.1 Å². The van der Waals surface area contributed by atoms with Crippen LogP contribution in [0.5, 0.6) is 0 Å². The molecule has 1 aliphatic rings. The maximum absolute atomic E-state index is 11.7.